The Morgan fingerprint density at radius 2 is 1.65 bits per heavy atom. The number of aromatic amines is 1. The molecule has 0 saturated heterocycles. The van der Waals surface area contributed by atoms with Crippen molar-refractivity contribution in [1.82, 2.24) is 0 Å². The molecule has 1 atom stereocenters. The van der Waals surface area contributed by atoms with Crippen molar-refractivity contribution in [3.05, 3.63) is 96.5 Å². The number of fused-ring (bicyclic) bond motifs is 1. The van der Waals surface area contributed by atoms with Crippen molar-refractivity contribution >= 4 is 16.3 Å². The second-order valence-corrected chi connectivity index (χ2v) is 6.77. The van der Waals surface area contributed by atoms with Crippen LogP contribution in [-0.2, 0) is 6.54 Å². The highest BCUT2D eigenvalue weighted by Gasteiger charge is 2.22. The molecule has 0 fully saturated rings. The van der Waals surface area contributed by atoms with Gasteiger partial charge in [0, 0.05) is 17.7 Å². The minimum Gasteiger partial charge on any atom is -1.00 e. The van der Waals surface area contributed by atoms with Crippen LogP contribution in [0.25, 0.3) is 16.3 Å². The Labute approximate surface area is 167 Å². The fraction of sp³-hybridized carbons (Fsp3) is 0.136. The van der Waals surface area contributed by atoms with Crippen LogP contribution in [0.3, 0.4) is 0 Å². The van der Waals surface area contributed by atoms with Crippen LogP contribution in [0.4, 0.5) is 0 Å². The van der Waals surface area contributed by atoms with E-state index in [1.165, 1.54) is 27.5 Å². The number of quaternary nitrogens is 1. The molecule has 1 aromatic heterocycles. The Morgan fingerprint density at radius 1 is 0.923 bits per heavy atom. The van der Waals surface area contributed by atoms with Gasteiger partial charge in [-0.1, -0.05) is 36.4 Å². The lowest BCUT2D eigenvalue weighted by molar-refractivity contribution is -0.867. The molecule has 4 rings (SSSR count). The van der Waals surface area contributed by atoms with Gasteiger partial charge in [0.05, 0.1) is 13.2 Å². The van der Waals surface area contributed by atoms with Crippen molar-refractivity contribution in [2.75, 3.05) is 13.6 Å². The van der Waals surface area contributed by atoms with Crippen molar-refractivity contribution in [2.45, 2.75) is 6.54 Å². The first kappa shape index (κ1) is 20.2. The zero-order chi connectivity index (χ0) is 16.4. The molecule has 2 heterocycles. The monoisotopic (exact) mass is 384 g/mol. The van der Waals surface area contributed by atoms with E-state index in [-0.39, 0.29) is 24.8 Å². The second kappa shape index (κ2) is 8.50. The zero-order valence-electron chi connectivity index (χ0n) is 14.7. The lowest BCUT2D eigenvalue weighted by Crippen LogP contribution is -3.00. The Balaban J connectivity index is 0.00000121. The summed E-state index contributed by atoms with van der Waals surface area (Å²) in [5.41, 5.74) is 3.95. The highest BCUT2D eigenvalue weighted by Crippen LogP contribution is 2.25. The van der Waals surface area contributed by atoms with Crippen LogP contribution < -0.4 is 29.8 Å². The third-order valence-corrected chi connectivity index (χ3v) is 4.75. The molecule has 0 spiro atoms. The van der Waals surface area contributed by atoms with Crippen molar-refractivity contribution in [3.63, 3.8) is 0 Å². The van der Waals surface area contributed by atoms with E-state index in [0.717, 1.165) is 17.6 Å². The quantitative estimate of drug-likeness (QED) is 0.474. The molecule has 0 saturated carbocycles. The fourth-order valence-corrected chi connectivity index (χ4v) is 3.36. The van der Waals surface area contributed by atoms with E-state index in [1.54, 1.807) is 0 Å². The predicted octanol–water partition coefficient (Wildman–Crippen LogP) is -1.78. The Bertz CT molecular complexity index is 935. The summed E-state index contributed by atoms with van der Waals surface area (Å²) in [6, 6.07) is 19.6. The van der Waals surface area contributed by atoms with Gasteiger partial charge in [-0.25, -0.2) is 4.98 Å². The highest BCUT2D eigenvalue weighted by atomic mass is 35.5. The molecule has 2 nitrogen and oxygen atoms in total. The van der Waals surface area contributed by atoms with Gasteiger partial charge in [-0.2, -0.15) is 0 Å². The number of halogens is 2. The van der Waals surface area contributed by atoms with Crippen LogP contribution in [0, 0.1) is 0 Å². The van der Waals surface area contributed by atoms with E-state index >= 15 is 0 Å². The van der Waals surface area contributed by atoms with Crippen LogP contribution in [0.5, 0.6) is 0 Å². The molecule has 3 aromatic rings. The average molecular weight is 385 g/mol. The summed E-state index contributed by atoms with van der Waals surface area (Å²) < 4.78 is 0.904. The molecule has 2 aromatic carbocycles. The first-order valence-corrected chi connectivity index (χ1v) is 8.40. The van der Waals surface area contributed by atoms with Gasteiger partial charge in [0.2, 0.25) is 0 Å². The standard InChI is InChI=1S/C22H21N2.2ClH/c1-24(14-10-21(11-15-24)20-8-12-23-13-9-20)17-18-6-7-19-4-2-3-5-22(19)16-18;;/h2-14,16H,15,17H2,1H3;2*1H/q+1;;/p-1. The molecule has 0 radical (unpaired) electrons. The third-order valence-electron chi connectivity index (χ3n) is 4.75. The van der Waals surface area contributed by atoms with Gasteiger partial charge in [-0.3, -0.25) is 4.48 Å². The van der Waals surface area contributed by atoms with E-state index in [4.69, 9.17) is 0 Å². The molecule has 0 amide bonds. The number of hydrogen-bond donors (Lipinski definition) is 0. The molecule has 134 valence electrons. The zero-order valence-corrected chi connectivity index (χ0v) is 16.2. The molecule has 0 aliphatic carbocycles. The molecule has 1 aliphatic heterocycles. The van der Waals surface area contributed by atoms with E-state index < -0.39 is 0 Å². The SMILES string of the molecule is C[N+]1(Cc2ccc3ccccc3c2)C=CC(c2cc[nH+]cc2)=CC1.[Cl-].[Cl-]. The number of hydrogen-bond acceptors (Lipinski definition) is 0. The van der Waals surface area contributed by atoms with Crippen LogP contribution >= 0.6 is 0 Å². The van der Waals surface area contributed by atoms with Gasteiger partial charge >= 0.3 is 0 Å². The molecule has 26 heavy (non-hydrogen) atoms. The van der Waals surface area contributed by atoms with Gasteiger partial charge in [-0.15, -0.1) is 0 Å². The van der Waals surface area contributed by atoms with Gasteiger partial charge in [0.15, 0.2) is 12.4 Å². The topological polar surface area (TPSA) is 14.1 Å². The Kier molecular flexibility index (Phi) is 6.60. The number of benzene rings is 2. The normalized spacial score (nSPS) is 18.6. The maximum Gasteiger partial charge on any atom is 0.167 e. The molecule has 1 unspecified atom stereocenters. The lowest BCUT2D eigenvalue weighted by atomic mass is 10.0. The summed E-state index contributed by atoms with van der Waals surface area (Å²) in [5.74, 6) is 0. The Morgan fingerprint density at radius 3 is 2.35 bits per heavy atom. The number of likely N-dealkylation sites (N-methyl/N-ethyl adjacent to an activating group) is 1. The minimum atomic E-state index is 0. The molecule has 1 N–H and O–H groups in total. The molecule has 1 aliphatic rings. The van der Waals surface area contributed by atoms with Crippen LogP contribution in [-0.4, -0.2) is 18.1 Å². The van der Waals surface area contributed by atoms with Crippen LogP contribution in [0.1, 0.15) is 11.1 Å². The van der Waals surface area contributed by atoms with Crippen molar-refractivity contribution in [2.24, 2.45) is 0 Å². The number of pyridine rings is 1. The van der Waals surface area contributed by atoms with E-state index in [9.17, 15) is 0 Å². The van der Waals surface area contributed by atoms with Gasteiger partial charge < -0.3 is 24.8 Å². The molecular weight excluding hydrogens is 363 g/mol. The Hall–Kier alpha value is -2.13. The van der Waals surface area contributed by atoms with Crippen molar-refractivity contribution < 1.29 is 34.3 Å². The minimum absolute atomic E-state index is 0. The van der Waals surface area contributed by atoms with Gasteiger partial charge in [0.25, 0.3) is 0 Å². The van der Waals surface area contributed by atoms with E-state index in [2.05, 4.69) is 85.0 Å². The average Bonchev–Trinajstić information content (AvgIpc) is 2.63. The highest BCUT2D eigenvalue weighted by molar-refractivity contribution is 5.83. The van der Waals surface area contributed by atoms with Crippen LogP contribution in [0.15, 0.2) is 85.3 Å². The predicted molar refractivity (Wildman–Crippen MR) is 98.8 cm³/mol. The smallest absolute Gasteiger partial charge is 0.167 e. The summed E-state index contributed by atoms with van der Waals surface area (Å²) in [6.45, 7) is 2.02. The maximum absolute atomic E-state index is 3.08. The first-order valence-electron chi connectivity index (χ1n) is 8.40. The van der Waals surface area contributed by atoms with E-state index in [1.807, 2.05) is 12.4 Å². The molecule has 4 heteroatoms. The second-order valence-electron chi connectivity index (χ2n) is 6.77. The van der Waals surface area contributed by atoms with Crippen LogP contribution in [0.2, 0.25) is 0 Å². The summed E-state index contributed by atoms with van der Waals surface area (Å²) in [7, 11) is 2.29. The lowest BCUT2D eigenvalue weighted by Gasteiger charge is -2.32. The fourth-order valence-electron chi connectivity index (χ4n) is 3.36. The molecular formula is C22H22Cl2N2. The first-order chi connectivity index (χ1) is 11.7. The van der Waals surface area contributed by atoms with Crippen molar-refractivity contribution in [3.8, 4) is 0 Å². The number of aromatic nitrogens is 1. The van der Waals surface area contributed by atoms with Gasteiger partial charge in [0.1, 0.15) is 13.1 Å². The van der Waals surface area contributed by atoms with Crippen molar-refractivity contribution in [1.29, 1.82) is 0 Å². The summed E-state index contributed by atoms with van der Waals surface area (Å²) in [6.07, 6.45) is 10.9. The molecule has 0 bridgehead atoms. The number of allylic oxidation sites excluding steroid dienone is 2. The third kappa shape index (κ3) is 4.34. The summed E-state index contributed by atoms with van der Waals surface area (Å²) >= 11 is 0. The summed E-state index contributed by atoms with van der Waals surface area (Å²) in [4.78, 5) is 3.08. The number of H-pyrrole nitrogens is 1. The maximum atomic E-state index is 3.08. The number of rotatable bonds is 3. The number of nitrogens with zero attached hydrogens (tertiary/aromatic N) is 1. The van der Waals surface area contributed by atoms with Gasteiger partial charge in [-0.05, 0) is 40.1 Å². The number of nitrogens with one attached hydrogen (secondary N) is 1. The largest absolute Gasteiger partial charge is 1.00 e. The summed E-state index contributed by atoms with van der Waals surface area (Å²) in [5, 5.41) is 2.63. The van der Waals surface area contributed by atoms with E-state index in [0.29, 0.717) is 0 Å².